The number of aromatic hydroxyl groups is 1. The van der Waals surface area contributed by atoms with E-state index in [2.05, 4.69) is 11.8 Å². The van der Waals surface area contributed by atoms with Crippen LogP contribution < -0.4 is 9.47 Å². The highest BCUT2D eigenvalue weighted by molar-refractivity contribution is 5.95. The molecular formula is C30H31F2NO3. The molecule has 0 bridgehead atoms. The number of fused-ring (bicyclic) bond motifs is 1. The Hall–Kier alpha value is -3.38. The molecule has 0 unspecified atom stereocenters. The number of phenolic OH excluding ortho intramolecular Hbond substituents is 1. The minimum absolute atomic E-state index is 0.142. The molecule has 0 amide bonds. The van der Waals surface area contributed by atoms with Crippen LogP contribution in [0.1, 0.15) is 43.1 Å². The number of halogens is 2. The Morgan fingerprint density at radius 2 is 1.83 bits per heavy atom. The lowest BCUT2D eigenvalue weighted by atomic mass is 9.86. The normalized spacial score (nSPS) is 20.7. The molecule has 4 nitrogen and oxygen atoms in total. The van der Waals surface area contributed by atoms with Gasteiger partial charge in [-0.25, -0.2) is 4.39 Å². The molecule has 3 aromatic rings. The lowest BCUT2D eigenvalue weighted by Gasteiger charge is -2.31. The van der Waals surface area contributed by atoms with E-state index < -0.39 is 6.10 Å². The second kappa shape index (κ2) is 10.3. The highest BCUT2D eigenvalue weighted by Crippen LogP contribution is 2.47. The molecule has 0 radical (unpaired) electrons. The van der Waals surface area contributed by atoms with Gasteiger partial charge in [0.15, 0.2) is 0 Å². The second-order valence-corrected chi connectivity index (χ2v) is 9.76. The van der Waals surface area contributed by atoms with E-state index in [1.54, 1.807) is 30.3 Å². The minimum atomic E-state index is -0.400. The number of allylic oxidation sites excluding steroid dienone is 1. The number of hydrogen-bond donors (Lipinski definition) is 1. The van der Waals surface area contributed by atoms with Gasteiger partial charge in [0.05, 0.1) is 6.67 Å². The summed E-state index contributed by atoms with van der Waals surface area (Å²) in [5, 5.41) is 10.0. The molecule has 188 valence electrons. The molecule has 5 rings (SSSR count). The van der Waals surface area contributed by atoms with Crippen LogP contribution >= 0.6 is 0 Å². The first-order valence-electron chi connectivity index (χ1n) is 12.4. The maximum atomic E-state index is 13.7. The molecule has 36 heavy (non-hydrogen) atoms. The first-order chi connectivity index (χ1) is 17.4. The Morgan fingerprint density at radius 3 is 2.53 bits per heavy atom. The molecule has 1 fully saturated rings. The van der Waals surface area contributed by atoms with Crippen LogP contribution in [0.5, 0.6) is 17.2 Å². The smallest absolute Gasteiger partial charge is 0.150 e. The van der Waals surface area contributed by atoms with Crippen molar-refractivity contribution in [2.45, 2.75) is 32.4 Å². The largest absolute Gasteiger partial charge is 0.508 e. The first-order valence-corrected chi connectivity index (χ1v) is 12.4. The topological polar surface area (TPSA) is 41.9 Å². The monoisotopic (exact) mass is 491 g/mol. The molecule has 0 saturated carbocycles. The van der Waals surface area contributed by atoms with Gasteiger partial charge in [0.25, 0.3) is 0 Å². The summed E-state index contributed by atoms with van der Waals surface area (Å²) < 4.78 is 39.1. The third kappa shape index (κ3) is 4.96. The standard InChI is InChI=1S/C30H31F2NO3/c1-19(33-14-13-21(16-31)17-33)18-35-26-10-5-23(6-11-26)30-29(22-3-7-24(32)8-4-22)20(2)27-15-25(34)9-12-28(27)36-30/h3-12,15,19,21,30,34H,13-14,16-18H2,1-2H3/t19-,21-,30+/m0/s1. The van der Waals surface area contributed by atoms with Crippen molar-refractivity contribution in [2.24, 2.45) is 5.92 Å². The molecule has 6 heteroatoms. The summed E-state index contributed by atoms with van der Waals surface area (Å²) in [6.45, 7) is 6.09. The van der Waals surface area contributed by atoms with Crippen molar-refractivity contribution in [1.82, 2.24) is 4.90 Å². The Balaban J connectivity index is 1.37. The van der Waals surface area contributed by atoms with E-state index >= 15 is 0 Å². The van der Waals surface area contributed by atoms with Gasteiger partial charge in [-0.15, -0.1) is 0 Å². The van der Waals surface area contributed by atoms with E-state index in [1.165, 1.54) is 12.1 Å². The van der Waals surface area contributed by atoms with Gasteiger partial charge < -0.3 is 14.6 Å². The van der Waals surface area contributed by atoms with Crippen LogP contribution in [0.3, 0.4) is 0 Å². The predicted molar refractivity (Wildman–Crippen MR) is 137 cm³/mol. The summed E-state index contributed by atoms with van der Waals surface area (Å²) in [5.41, 5.74) is 4.51. The Kier molecular flexibility index (Phi) is 6.97. The van der Waals surface area contributed by atoms with Crippen molar-refractivity contribution in [3.63, 3.8) is 0 Å². The lowest BCUT2D eigenvalue weighted by molar-refractivity contribution is 0.165. The molecule has 3 atom stereocenters. The fraction of sp³-hybridized carbons (Fsp3) is 0.333. The van der Waals surface area contributed by atoms with Crippen LogP contribution in [0, 0.1) is 11.7 Å². The fourth-order valence-corrected chi connectivity index (χ4v) is 5.12. The molecule has 2 heterocycles. The molecule has 3 aromatic carbocycles. The van der Waals surface area contributed by atoms with Gasteiger partial charge in [0, 0.05) is 29.6 Å². The molecule has 0 aromatic heterocycles. The summed E-state index contributed by atoms with van der Waals surface area (Å²) in [6.07, 6.45) is 0.505. The number of nitrogens with zero attached hydrogens (tertiary/aromatic N) is 1. The van der Waals surface area contributed by atoms with Crippen molar-refractivity contribution >= 4 is 11.1 Å². The molecular weight excluding hydrogens is 460 g/mol. The molecule has 2 aliphatic rings. The van der Waals surface area contributed by atoms with Gasteiger partial charge in [0.1, 0.15) is 35.8 Å². The third-order valence-electron chi connectivity index (χ3n) is 7.27. The number of alkyl halides is 1. The first kappa shape index (κ1) is 24.3. The second-order valence-electron chi connectivity index (χ2n) is 9.76. The maximum absolute atomic E-state index is 13.7. The SMILES string of the molecule is CC1=C(c2ccc(F)cc2)[C@@H](c2ccc(OC[C@H](C)N3CC[C@@H](CF)C3)cc2)Oc2ccc(O)cc21. The summed E-state index contributed by atoms with van der Waals surface area (Å²) in [5.74, 6) is 1.46. The number of likely N-dealkylation sites (tertiary alicyclic amines) is 1. The van der Waals surface area contributed by atoms with E-state index in [-0.39, 0.29) is 30.2 Å². The molecule has 0 aliphatic carbocycles. The van der Waals surface area contributed by atoms with Crippen molar-refractivity contribution in [3.05, 3.63) is 89.2 Å². The van der Waals surface area contributed by atoms with Crippen LogP contribution in [0.2, 0.25) is 0 Å². The summed E-state index contributed by atoms with van der Waals surface area (Å²) in [7, 11) is 0. The van der Waals surface area contributed by atoms with E-state index in [9.17, 15) is 13.9 Å². The van der Waals surface area contributed by atoms with Crippen LogP contribution in [0.25, 0.3) is 11.1 Å². The zero-order chi connectivity index (χ0) is 25.2. The van der Waals surface area contributed by atoms with Crippen molar-refractivity contribution < 1.29 is 23.4 Å². The number of ether oxygens (including phenoxy) is 2. The Labute approximate surface area is 210 Å². The van der Waals surface area contributed by atoms with Gasteiger partial charge in [0.2, 0.25) is 0 Å². The average molecular weight is 492 g/mol. The molecule has 1 saturated heterocycles. The molecule has 0 spiro atoms. The highest BCUT2D eigenvalue weighted by Gasteiger charge is 2.30. The molecule has 1 N–H and O–H groups in total. The van der Waals surface area contributed by atoms with Crippen LogP contribution in [0.4, 0.5) is 8.78 Å². The van der Waals surface area contributed by atoms with Gasteiger partial charge in [-0.1, -0.05) is 24.3 Å². The van der Waals surface area contributed by atoms with Crippen LogP contribution in [-0.2, 0) is 0 Å². The zero-order valence-corrected chi connectivity index (χ0v) is 20.6. The minimum Gasteiger partial charge on any atom is -0.508 e. The van der Waals surface area contributed by atoms with Crippen LogP contribution in [0.15, 0.2) is 66.7 Å². The Morgan fingerprint density at radius 1 is 1.08 bits per heavy atom. The number of rotatable bonds is 7. The zero-order valence-electron chi connectivity index (χ0n) is 20.6. The quantitative estimate of drug-likeness (QED) is 0.402. The van der Waals surface area contributed by atoms with E-state index in [0.717, 1.165) is 53.1 Å². The summed E-state index contributed by atoms with van der Waals surface area (Å²) in [4.78, 5) is 2.28. The molecule has 2 aliphatic heterocycles. The number of hydrogen-bond acceptors (Lipinski definition) is 4. The van der Waals surface area contributed by atoms with E-state index in [1.807, 2.05) is 31.2 Å². The van der Waals surface area contributed by atoms with Gasteiger partial charge in [-0.3, -0.25) is 9.29 Å². The van der Waals surface area contributed by atoms with Crippen LogP contribution in [-0.4, -0.2) is 42.4 Å². The van der Waals surface area contributed by atoms with Gasteiger partial charge >= 0.3 is 0 Å². The summed E-state index contributed by atoms with van der Waals surface area (Å²) in [6, 6.07) is 19.5. The highest BCUT2D eigenvalue weighted by atomic mass is 19.1. The van der Waals surface area contributed by atoms with Gasteiger partial charge in [-0.05, 0) is 86.0 Å². The maximum Gasteiger partial charge on any atom is 0.150 e. The van der Waals surface area contributed by atoms with Gasteiger partial charge in [-0.2, -0.15) is 0 Å². The Bertz CT molecular complexity index is 1240. The van der Waals surface area contributed by atoms with Crippen molar-refractivity contribution in [1.29, 1.82) is 0 Å². The average Bonchev–Trinajstić information content (AvgIpc) is 3.38. The lowest BCUT2D eigenvalue weighted by Crippen LogP contribution is -2.35. The van der Waals surface area contributed by atoms with Crippen molar-refractivity contribution in [2.75, 3.05) is 26.4 Å². The summed E-state index contributed by atoms with van der Waals surface area (Å²) >= 11 is 0. The number of benzene rings is 3. The van der Waals surface area contributed by atoms with E-state index in [0.29, 0.717) is 12.4 Å². The van der Waals surface area contributed by atoms with Crippen molar-refractivity contribution in [3.8, 4) is 17.2 Å². The van der Waals surface area contributed by atoms with E-state index in [4.69, 9.17) is 9.47 Å². The third-order valence-corrected chi connectivity index (χ3v) is 7.27. The predicted octanol–water partition coefficient (Wildman–Crippen LogP) is 6.65. The fourth-order valence-electron chi connectivity index (χ4n) is 5.12. The number of phenols is 1.